The largest absolute Gasteiger partial charge is 0.497 e. The van der Waals surface area contributed by atoms with Crippen LogP contribution in [0.1, 0.15) is 32.6 Å². The van der Waals surface area contributed by atoms with E-state index in [0.29, 0.717) is 11.3 Å². The average Bonchev–Trinajstić information content (AvgIpc) is 2.41. The normalized spacial score (nSPS) is 23.9. The summed E-state index contributed by atoms with van der Waals surface area (Å²) in [5.74, 6) is 0.954. The van der Waals surface area contributed by atoms with Crippen LogP contribution in [0.25, 0.3) is 0 Å². The van der Waals surface area contributed by atoms with Gasteiger partial charge in [0, 0.05) is 16.2 Å². The van der Waals surface area contributed by atoms with Crippen LogP contribution in [0.4, 0.5) is 0 Å². The van der Waals surface area contributed by atoms with E-state index < -0.39 is 0 Å². The van der Waals surface area contributed by atoms with Gasteiger partial charge in [0.15, 0.2) is 0 Å². The van der Waals surface area contributed by atoms with Crippen LogP contribution in [-0.2, 0) is 0 Å². The minimum absolute atomic E-state index is 0.667. The highest BCUT2D eigenvalue weighted by Gasteiger charge is 2.25. The molecule has 1 aromatic carbocycles. The summed E-state index contributed by atoms with van der Waals surface area (Å²) < 4.78 is 5.29. The first-order valence-electron chi connectivity index (χ1n) is 6.87. The Balaban J connectivity index is 2.01. The summed E-state index contributed by atoms with van der Waals surface area (Å²) in [5, 5.41) is 4.33. The molecule has 2 nitrogen and oxygen atoms in total. The summed E-state index contributed by atoms with van der Waals surface area (Å²) in [5.41, 5.74) is 0. The average molecular weight is 265 g/mol. The third-order valence-electron chi connectivity index (χ3n) is 3.50. The number of hydrogen-bond donors (Lipinski definition) is 1. The summed E-state index contributed by atoms with van der Waals surface area (Å²) in [7, 11) is 1.73. The number of hydrogen-bond acceptors (Lipinski definition) is 3. The Morgan fingerprint density at radius 2 is 2.17 bits per heavy atom. The minimum Gasteiger partial charge on any atom is -0.497 e. The fourth-order valence-electron chi connectivity index (χ4n) is 2.58. The van der Waals surface area contributed by atoms with Crippen molar-refractivity contribution in [3.8, 4) is 5.75 Å². The van der Waals surface area contributed by atoms with E-state index in [1.807, 2.05) is 17.8 Å². The lowest BCUT2D eigenvalue weighted by atomic mass is 9.95. The van der Waals surface area contributed by atoms with Gasteiger partial charge in [0.05, 0.1) is 7.11 Å². The van der Waals surface area contributed by atoms with E-state index >= 15 is 0 Å². The van der Waals surface area contributed by atoms with Gasteiger partial charge < -0.3 is 10.1 Å². The van der Waals surface area contributed by atoms with Crippen molar-refractivity contribution in [1.29, 1.82) is 0 Å². The Morgan fingerprint density at radius 1 is 1.33 bits per heavy atom. The van der Waals surface area contributed by atoms with Crippen molar-refractivity contribution in [3.63, 3.8) is 0 Å². The van der Waals surface area contributed by atoms with E-state index in [1.165, 1.54) is 30.6 Å². The van der Waals surface area contributed by atoms with Crippen LogP contribution < -0.4 is 10.1 Å². The summed E-state index contributed by atoms with van der Waals surface area (Å²) >= 11 is 2.00. The standard InChI is InChI=1S/C15H23NOS/c1-3-16-14-9-4-5-10-15(14)18-13-8-6-7-12(11-13)17-2/h6-8,11,14-16H,3-5,9-10H2,1-2H3. The van der Waals surface area contributed by atoms with Gasteiger partial charge in [-0.3, -0.25) is 0 Å². The molecule has 1 aliphatic rings. The van der Waals surface area contributed by atoms with Crippen LogP contribution in [0.2, 0.25) is 0 Å². The zero-order chi connectivity index (χ0) is 12.8. The quantitative estimate of drug-likeness (QED) is 0.877. The molecule has 18 heavy (non-hydrogen) atoms. The van der Waals surface area contributed by atoms with Gasteiger partial charge in [0.2, 0.25) is 0 Å². The summed E-state index contributed by atoms with van der Waals surface area (Å²) in [6.45, 7) is 3.27. The van der Waals surface area contributed by atoms with Crippen molar-refractivity contribution in [2.24, 2.45) is 0 Å². The molecule has 0 amide bonds. The molecule has 1 fully saturated rings. The summed E-state index contributed by atoms with van der Waals surface area (Å²) in [6.07, 6.45) is 5.37. The predicted molar refractivity (Wildman–Crippen MR) is 78.6 cm³/mol. The second-order valence-electron chi connectivity index (χ2n) is 4.78. The number of rotatable bonds is 5. The molecule has 0 aromatic heterocycles. The number of benzene rings is 1. The molecule has 1 aromatic rings. The van der Waals surface area contributed by atoms with Gasteiger partial charge in [0.1, 0.15) is 5.75 Å². The molecular formula is C15H23NOS. The van der Waals surface area contributed by atoms with Gasteiger partial charge in [-0.15, -0.1) is 11.8 Å². The molecule has 0 bridgehead atoms. The third kappa shape index (κ3) is 3.66. The molecule has 0 saturated heterocycles. The zero-order valence-electron chi connectivity index (χ0n) is 11.3. The van der Waals surface area contributed by atoms with Crippen LogP contribution in [-0.4, -0.2) is 24.9 Å². The molecule has 0 spiro atoms. The lowest BCUT2D eigenvalue weighted by Crippen LogP contribution is -2.40. The molecule has 2 rings (SSSR count). The van der Waals surface area contributed by atoms with Crippen LogP contribution in [0.15, 0.2) is 29.2 Å². The maximum Gasteiger partial charge on any atom is 0.119 e. The first-order chi connectivity index (χ1) is 8.83. The van der Waals surface area contributed by atoms with E-state index in [0.717, 1.165) is 12.3 Å². The van der Waals surface area contributed by atoms with Crippen LogP contribution in [0.3, 0.4) is 0 Å². The molecule has 100 valence electrons. The Labute approximate surface area is 114 Å². The highest BCUT2D eigenvalue weighted by molar-refractivity contribution is 8.00. The molecule has 1 N–H and O–H groups in total. The molecule has 2 unspecified atom stereocenters. The Bertz CT molecular complexity index is 367. The van der Waals surface area contributed by atoms with Gasteiger partial charge in [-0.2, -0.15) is 0 Å². The fraction of sp³-hybridized carbons (Fsp3) is 0.600. The van der Waals surface area contributed by atoms with Gasteiger partial charge in [0.25, 0.3) is 0 Å². The lowest BCUT2D eigenvalue weighted by molar-refractivity contribution is 0.390. The van der Waals surface area contributed by atoms with Gasteiger partial charge in [-0.25, -0.2) is 0 Å². The van der Waals surface area contributed by atoms with Crippen molar-refractivity contribution >= 4 is 11.8 Å². The van der Waals surface area contributed by atoms with E-state index in [1.54, 1.807) is 7.11 Å². The molecule has 1 aliphatic carbocycles. The topological polar surface area (TPSA) is 21.3 Å². The summed E-state index contributed by atoms with van der Waals surface area (Å²) in [6, 6.07) is 9.08. The highest BCUT2D eigenvalue weighted by Crippen LogP contribution is 2.35. The van der Waals surface area contributed by atoms with Gasteiger partial charge >= 0.3 is 0 Å². The number of thioether (sulfide) groups is 1. The van der Waals surface area contributed by atoms with Crippen molar-refractivity contribution in [3.05, 3.63) is 24.3 Å². The highest BCUT2D eigenvalue weighted by atomic mass is 32.2. The molecule has 0 heterocycles. The Kier molecular flexibility index (Phi) is 5.39. The van der Waals surface area contributed by atoms with Crippen LogP contribution in [0.5, 0.6) is 5.75 Å². The van der Waals surface area contributed by atoms with Crippen molar-refractivity contribution in [2.75, 3.05) is 13.7 Å². The first-order valence-corrected chi connectivity index (χ1v) is 7.75. The van der Waals surface area contributed by atoms with Crippen molar-refractivity contribution in [1.82, 2.24) is 5.32 Å². The molecule has 0 radical (unpaired) electrons. The lowest BCUT2D eigenvalue weighted by Gasteiger charge is -2.31. The van der Waals surface area contributed by atoms with E-state index in [-0.39, 0.29) is 0 Å². The van der Waals surface area contributed by atoms with Crippen LogP contribution in [0, 0.1) is 0 Å². The number of ether oxygens (including phenoxy) is 1. The third-order valence-corrected chi connectivity index (χ3v) is 4.89. The molecule has 2 atom stereocenters. The van der Waals surface area contributed by atoms with Crippen LogP contribution >= 0.6 is 11.8 Å². The minimum atomic E-state index is 0.667. The predicted octanol–water partition coefficient (Wildman–Crippen LogP) is 3.71. The van der Waals surface area contributed by atoms with E-state index in [9.17, 15) is 0 Å². The number of nitrogens with one attached hydrogen (secondary N) is 1. The Hall–Kier alpha value is -0.670. The van der Waals surface area contributed by atoms with Crippen molar-refractivity contribution < 1.29 is 4.74 Å². The number of methoxy groups -OCH3 is 1. The molecule has 1 saturated carbocycles. The smallest absolute Gasteiger partial charge is 0.119 e. The zero-order valence-corrected chi connectivity index (χ0v) is 12.1. The maximum atomic E-state index is 5.29. The molecule has 3 heteroatoms. The fourth-order valence-corrected chi connectivity index (χ4v) is 3.95. The first kappa shape index (κ1) is 13.8. The van der Waals surface area contributed by atoms with Gasteiger partial charge in [-0.05, 0) is 37.6 Å². The summed E-state index contributed by atoms with van der Waals surface area (Å²) in [4.78, 5) is 1.32. The Morgan fingerprint density at radius 3 is 2.94 bits per heavy atom. The van der Waals surface area contributed by atoms with E-state index in [4.69, 9.17) is 4.74 Å². The molecular weight excluding hydrogens is 242 g/mol. The monoisotopic (exact) mass is 265 g/mol. The maximum absolute atomic E-state index is 5.29. The second kappa shape index (κ2) is 7.05. The second-order valence-corrected chi connectivity index (χ2v) is 6.10. The molecule has 0 aliphatic heterocycles. The van der Waals surface area contributed by atoms with Crippen molar-refractivity contribution in [2.45, 2.75) is 48.8 Å². The van der Waals surface area contributed by atoms with Gasteiger partial charge in [-0.1, -0.05) is 25.8 Å². The SMILES string of the molecule is CCNC1CCCCC1Sc1cccc(OC)c1. The van der Waals surface area contributed by atoms with E-state index in [2.05, 4.69) is 30.4 Å².